The number of hydrogen-bond acceptors (Lipinski definition) is 4. The van der Waals surface area contributed by atoms with E-state index in [0.717, 1.165) is 4.47 Å². The molecular formula is C11H9BrO4. The minimum atomic E-state index is -1.32. The number of carbonyl (C=O) groups is 2. The molecule has 0 bridgehead atoms. The van der Waals surface area contributed by atoms with E-state index < -0.39 is 17.7 Å². The lowest BCUT2D eigenvalue weighted by molar-refractivity contribution is -0.242. The average Bonchev–Trinajstić information content (AvgIpc) is 2.15. The number of halogens is 1. The van der Waals surface area contributed by atoms with Crippen molar-refractivity contribution in [2.75, 3.05) is 0 Å². The SMILES string of the molecule is CC1(c2cccc(Br)c2)OC(=O)CC(=O)O1. The molecule has 0 spiro atoms. The molecule has 1 heterocycles. The molecule has 0 atom stereocenters. The summed E-state index contributed by atoms with van der Waals surface area (Å²) in [5, 5.41) is 0. The van der Waals surface area contributed by atoms with Crippen molar-refractivity contribution in [1.82, 2.24) is 0 Å². The number of benzene rings is 1. The number of hydrogen-bond donors (Lipinski definition) is 0. The quantitative estimate of drug-likeness (QED) is 0.586. The maximum absolute atomic E-state index is 11.2. The van der Waals surface area contributed by atoms with E-state index in [1.54, 1.807) is 25.1 Å². The van der Waals surface area contributed by atoms with Gasteiger partial charge in [0.15, 0.2) is 0 Å². The first kappa shape index (κ1) is 11.1. The van der Waals surface area contributed by atoms with E-state index in [1.165, 1.54) is 0 Å². The van der Waals surface area contributed by atoms with Crippen LogP contribution >= 0.6 is 15.9 Å². The molecule has 1 aromatic carbocycles. The topological polar surface area (TPSA) is 52.6 Å². The van der Waals surface area contributed by atoms with Crippen molar-refractivity contribution in [3.05, 3.63) is 34.3 Å². The van der Waals surface area contributed by atoms with Gasteiger partial charge in [0.2, 0.25) is 0 Å². The van der Waals surface area contributed by atoms with Crippen LogP contribution in [-0.2, 0) is 24.8 Å². The van der Waals surface area contributed by atoms with Gasteiger partial charge in [-0.3, -0.25) is 9.59 Å². The molecule has 0 saturated carbocycles. The zero-order valence-electron chi connectivity index (χ0n) is 8.53. The first-order chi connectivity index (χ1) is 7.49. The number of ether oxygens (including phenoxy) is 2. The summed E-state index contributed by atoms with van der Waals surface area (Å²) < 4.78 is 11.0. The molecule has 1 aliphatic heterocycles. The van der Waals surface area contributed by atoms with Gasteiger partial charge in [0.1, 0.15) is 6.42 Å². The van der Waals surface area contributed by atoms with E-state index in [2.05, 4.69) is 15.9 Å². The molecule has 1 aliphatic rings. The van der Waals surface area contributed by atoms with Crippen LogP contribution in [0.4, 0.5) is 0 Å². The lowest BCUT2D eigenvalue weighted by Gasteiger charge is -2.32. The highest BCUT2D eigenvalue weighted by atomic mass is 79.9. The summed E-state index contributed by atoms with van der Waals surface area (Å²) >= 11 is 3.30. The summed E-state index contributed by atoms with van der Waals surface area (Å²) in [6.45, 7) is 1.55. The highest BCUT2D eigenvalue weighted by Crippen LogP contribution is 2.32. The molecular weight excluding hydrogens is 276 g/mol. The number of cyclic esters (lactones) is 2. The Hall–Kier alpha value is -1.36. The van der Waals surface area contributed by atoms with E-state index in [4.69, 9.17) is 9.47 Å². The van der Waals surface area contributed by atoms with Gasteiger partial charge < -0.3 is 9.47 Å². The second-order valence-corrected chi connectivity index (χ2v) is 4.50. The van der Waals surface area contributed by atoms with Crippen LogP contribution in [0.2, 0.25) is 0 Å². The molecule has 84 valence electrons. The van der Waals surface area contributed by atoms with Crippen LogP contribution in [-0.4, -0.2) is 11.9 Å². The Morgan fingerprint density at radius 2 is 1.88 bits per heavy atom. The molecule has 2 rings (SSSR count). The zero-order chi connectivity index (χ0) is 11.8. The Bertz CT molecular complexity index is 439. The number of carbonyl (C=O) groups excluding carboxylic acids is 2. The maximum Gasteiger partial charge on any atom is 0.320 e. The fourth-order valence-corrected chi connectivity index (χ4v) is 1.93. The van der Waals surface area contributed by atoms with Gasteiger partial charge in [-0.15, -0.1) is 0 Å². The molecule has 1 aromatic rings. The van der Waals surface area contributed by atoms with Gasteiger partial charge >= 0.3 is 11.9 Å². The second kappa shape index (κ2) is 3.90. The van der Waals surface area contributed by atoms with Crippen LogP contribution in [0.3, 0.4) is 0 Å². The minimum absolute atomic E-state index is 0.330. The first-order valence-electron chi connectivity index (χ1n) is 4.69. The third-order valence-electron chi connectivity index (χ3n) is 2.25. The predicted molar refractivity (Wildman–Crippen MR) is 58.3 cm³/mol. The Labute approximate surface area is 101 Å². The summed E-state index contributed by atoms with van der Waals surface area (Å²) in [5.74, 6) is -2.46. The first-order valence-corrected chi connectivity index (χ1v) is 5.49. The van der Waals surface area contributed by atoms with Crippen molar-refractivity contribution < 1.29 is 19.1 Å². The maximum atomic E-state index is 11.2. The molecule has 0 N–H and O–H groups in total. The predicted octanol–water partition coefficient (Wildman–Crippen LogP) is 2.11. The van der Waals surface area contributed by atoms with Crippen LogP contribution in [0, 0.1) is 0 Å². The third-order valence-corrected chi connectivity index (χ3v) is 2.75. The van der Waals surface area contributed by atoms with Crippen molar-refractivity contribution in [3.63, 3.8) is 0 Å². The normalized spacial score (nSPS) is 18.9. The monoisotopic (exact) mass is 284 g/mol. The number of esters is 2. The van der Waals surface area contributed by atoms with Crippen molar-refractivity contribution >= 4 is 27.9 Å². The van der Waals surface area contributed by atoms with Crippen LogP contribution in [0.15, 0.2) is 28.7 Å². The molecule has 0 aliphatic carbocycles. The third kappa shape index (κ3) is 2.09. The van der Waals surface area contributed by atoms with Crippen molar-refractivity contribution in [3.8, 4) is 0 Å². The van der Waals surface area contributed by atoms with Gasteiger partial charge in [-0.2, -0.15) is 0 Å². The Balaban J connectivity index is 2.37. The Morgan fingerprint density at radius 1 is 1.25 bits per heavy atom. The summed E-state index contributed by atoms with van der Waals surface area (Å²) in [7, 11) is 0. The second-order valence-electron chi connectivity index (χ2n) is 3.58. The van der Waals surface area contributed by atoms with Gasteiger partial charge in [-0.25, -0.2) is 0 Å². The molecule has 0 amide bonds. The summed E-state index contributed by atoms with van der Waals surface area (Å²) in [6.07, 6.45) is -0.330. The standard InChI is InChI=1S/C11H9BrO4/c1-11(7-3-2-4-8(12)5-7)15-9(13)6-10(14)16-11/h2-5H,6H2,1H3. The van der Waals surface area contributed by atoms with E-state index in [9.17, 15) is 9.59 Å². The molecule has 16 heavy (non-hydrogen) atoms. The summed E-state index contributed by atoms with van der Waals surface area (Å²) in [6, 6.07) is 7.09. The lowest BCUT2D eigenvalue weighted by atomic mass is 10.1. The van der Waals surface area contributed by atoms with Crippen molar-refractivity contribution in [2.24, 2.45) is 0 Å². The molecule has 0 radical (unpaired) electrons. The highest BCUT2D eigenvalue weighted by Gasteiger charge is 2.40. The van der Waals surface area contributed by atoms with Gasteiger partial charge in [0.25, 0.3) is 5.79 Å². The largest absolute Gasteiger partial charge is 0.418 e. The van der Waals surface area contributed by atoms with E-state index in [1.807, 2.05) is 6.07 Å². The van der Waals surface area contributed by atoms with Crippen LogP contribution in [0.25, 0.3) is 0 Å². The minimum Gasteiger partial charge on any atom is -0.418 e. The van der Waals surface area contributed by atoms with Gasteiger partial charge in [0, 0.05) is 17.0 Å². The van der Waals surface area contributed by atoms with Crippen LogP contribution < -0.4 is 0 Å². The van der Waals surface area contributed by atoms with Crippen molar-refractivity contribution in [2.45, 2.75) is 19.1 Å². The molecule has 1 saturated heterocycles. The van der Waals surface area contributed by atoms with Crippen LogP contribution in [0.5, 0.6) is 0 Å². The average molecular weight is 285 g/mol. The highest BCUT2D eigenvalue weighted by molar-refractivity contribution is 9.10. The molecule has 5 heteroatoms. The number of rotatable bonds is 1. The smallest absolute Gasteiger partial charge is 0.320 e. The fraction of sp³-hybridized carbons (Fsp3) is 0.273. The fourth-order valence-electron chi connectivity index (χ4n) is 1.53. The molecule has 1 fully saturated rings. The molecule has 0 unspecified atom stereocenters. The van der Waals surface area contributed by atoms with Crippen molar-refractivity contribution in [1.29, 1.82) is 0 Å². The van der Waals surface area contributed by atoms with Gasteiger partial charge in [-0.05, 0) is 12.1 Å². The van der Waals surface area contributed by atoms with Gasteiger partial charge in [0.05, 0.1) is 0 Å². The van der Waals surface area contributed by atoms with Crippen LogP contribution in [0.1, 0.15) is 18.9 Å². The summed E-state index contributed by atoms with van der Waals surface area (Å²) in [5.41, 5.74) is 0.614. The molecule has 0 aromatic heterocycles. The van der Waals surface area contributed by atoms with E-state index >= 15 is 0 Å². The Morgan fingerprint density at radius 3 is 2.44 bits per heavy atom. The lowest BCUT2D eigenvalue weighted by Crippen LogP contribution is -2.40. The Kier molecular flexibility index (Phi) is 2.71. The molecule has 4 nitrogen and oxygen atoms in total. The van der Waals surface area contributed by atoms with E-state index in [0.29, 0.717) is 5.56 Å². The van der Waals surface area contributed by atoms with E-state index in [-0.39, 0.29) is 6.42 Å². The van der Waals surface area contributed by atoms with Gasteiger partial charge in [-0.1, -0.05) is 28.1 Å². The zero-order valence-corrected chi connectivity index (χ0v) is 10.1. The summed E-state index contributed by atoms with van der Waals surface area (Å²) in [4.78, 5) is 22.4.